The molecular weight excluding hydrogens is 358 g/mol. The third-order valence-electron chi connectivity index (χ3n) is 4.89. The van der Waals surface area contributed by atoms with Crippen LogP contribution < -0.4 is 0 Å². The van der Waals surface area contributed by atoms with Crippen LogP contribution in [0.25, 0.3) is 11.2 Å². The highest BCUT2D eigenvalue weighted by atomic mass is 79.9. The van der Waals surface area contributed by atoms with E-state index in [9.17, 15) is 5.11 Å². The number of nitrogens with zero attached hydrogens (tertiary/aromatic N) is 3. The Bertz CT molecular complexity index is 939. The van der Waals surface area contributed by atoms with Gasteiger partial charge in [0.15, 0.2) is 5.65 Å². The Hall–Kier alpha value is -1.76. The summed E-state index contributed by atoms with van der Waals surface area (Å²) in [4.78, 5) is 9.33. The second-order valence-corrected chi connectivity index (χ2v) is 6.98. The summed E-state index contributed by atoms with van der Waals surface area (Å²) in [6.45, 7) is 0.988. The molecule has 0 saturated heterocycles. The Morgan fingerprint density at radius 2 is 2.09 bits per heavy atom. The smallest absolute Gasteiger partial charge is 0.162 e. The number of imidazole rings is 1. The maximum absolute atomic E-state index is 10.6. The molecule has 0 radical (unpaired) electrons. The molecule has 3 aromatic rings. The average Bonchev–Trinajstić information content (AvgIpc) is 3.05. The quantitative estimate of drug-likeness (QED) is 0.617. The summed E-state index contributed by atoms with van der Waals surface area (Å²) in [5.41, 5.74) is 3.33. The van der Waals surface area contributed by atoms with Crippen LogP contribution in [0.4, 0.5) is 0 Å². The van der Waals surface area contributed by atoms with E-state index in [0.717, 1.165) is 32.7 Å². The van der Waals surface area contributed by atoms with Gasteiger partial charge in [-0.05, 0) is 39.2 Å². The minimum absolute atomic E-state index is 0.438. The largest absolute Gasteiger partial charge is 0.388 e. The average molecular weight is 372 g/mol. The van der Waals surface area contributed by atoms with Crippen molar-refractivity contribution in [2.45, 2.75) is 24.7 Å². The van der Waals surface area contributed by atoms with Crippen molar-refractivity contribution in [2.75, 3.05) is 6.61 Å². The van der Waals surface area contributed by atoms with E-state index in [2.05, 4.69) is 36.5 Å². The van der Waals surface area contributed by atoms with Gasteiger partial charge >= 0.3 is 0 Å². The summed E-state index contributed by atoms with van der Waals surface area (Å²) in [6, 6.07) is 11.9. The number of pyridine rings is 1. The van der Waals surface area contributed by atoms with Gasteiger partial charge in [0.1, 0.15) is 22.6 Å². The number of ether oxygens (including phenoxy) is 1. The van der Waals surface area contributed by atoms with Crippen LogP contribution in [0.5, 0.6) is 0 Å². The van der Waals surface area contributed by atoms with Gasteiger partial charge in [0, 0.05) is 6.42 Å². The normalized spacial score (nSPS) is 25.7. The number of aromatic nitrogens is 3. The minimum Gasteiger partial charge on any atom is -0.388 e. The molecule has 1 aromatic carbocycles. The van der Waals surface area contributed by atoms with Gasteiger partial charge in [-0.15, -0.1) is 0 Å². The summed E-state index contributed by atoms with van der Waals surface area (Å²) >= 11 is 3.45. The Morgan fingerprint density at radius 1 is 1.22 bits per heavy atom. The number of rotatable bonds is 0. The zero-order valence-corrected chi connectivity index (χ0v) is 13.8. The van der Waals surface area contributed by atoms with E-state index in [1.165, 1.54) is 0 Å². The van der Waals surface area contributed by atoms with Crippen molar-refractivity contribution in [3.05, 3.63) is 58.0 Å². The zero-order valence-electron chi connectivity index (χ0n) is 12.2. The standard InChI is InChI=1S/C17H14BrN3O2/c18-14-6-5-12-16(20-14)21-15(19-12)8-23-9-17(21)7-13(22)10-3-1-2-4-11(10)17/h1-6,13,22H,7-9H2. The summed E-state index contributed by atoms with van der Waals surface area (Å²) in [7, 11) is 0. The highest BCUT2D eigenvalue weighted by molar-refractivity contribution is 9.10. The second kappa shape index (κ2) is 4.63. The SMILES string of the molecule is OC1CC2(COCc3nc4ccc(Br)nc4n32)c2ccccc21. The van der Waals surface area contributed by atoms with E-state index in [-0.39, 0.29) is 0 Å². The molecule has 0 amide bonds. The number of fused-ring (bicyclic) bond motifs is 6. The van der Waals surface area contributed by atoms with Crippen molar-refractivity contribution < 1.29 is 9.84 Å². The third kappa shape index (κ3) is 1.74. The van der Waals surface area contributed by atoms with Crippen molar-refractivity contribution in [1.29, 1.82) is 0 Å². The van der Waals surface area contributed by atoms with Crippen molar-refractivity contribution in [3.8, 4) is 0 Å². The summed E-state index contributed by atoms with van der Waals surface area (Å²) in [5, 5.41) is 10.6. The van der Waals surface area contributed by atoms with Crippen LogP contribution in [0.3, 0.4) is 0 Å². The fourth-order valence-corrected chi connectivity index (χ4v) is 4.30. The van der Waals surface area contributed by atoms with E-state index in [4.69, 9.17) is 4.74 Å². The first-order valence-corrected chi connectivity index (χ1v) is 8.38. The predicted molar refractivity (Wildman–Crippen MR) is 88.0 cm³/mol. The first-order chi connectivity index (χ1) is 11.2. The maximum Gasteiger partial charge on any atom is 0.162 e. The van der Waals surface area contributed by atoms with Crippen LogP contribution in [-0.2, 0) is 16.9 Å². The molecule has 1 aliphatic carbocycles. The van der Waals surface area contributed by atoms with Crippen molar-refractivity contribution in [2.24, 2.45) is 0 Å². The summed E-state index contributed by atoms with van der Waals surface area (Å²) < 4.78 is 8.82. The number of aliphatic hydroxyl groups is 1. The molecule has 116 valence electrons. The van der Waals surface area contributed by atoms with Crippen molar-refractivity contribution in [1.82, 2.24) is 14.5 Å². The fourth-order valence-electron chi connectivity index (χ4n) is 4.00. The van der Waals surface area contributed by atoms with Gasteiger partial charge in [-0.25, -0.2) is 9.97 Å². The molecule has 1 aliphatic heterocycles. The zero-order chi connectivity index (χ0) is 15.6. The number of benzene rings is 1. The van der Waals surface area contributed by atoms with Gasteiger partial charge < -0.3 is 9.84 Å². The highest BCUT2D eigenvalue weighted by Crippen LogP contribution is 2.49. The van der Waals surface area contributed by atoms with Gasteiger partial charge in [-0.1, -0.05) is 24.3 Å². The van der Waals surface area contributed by atoms with E-state index < -0.39 is 11.6 Å². The molecule has 1 N–H and O–H groups in total. The fraction of sp³-hybridized carbons (Fsp3) is 0.294. The topological polar surface area (TPSA) is 60.2 Å². The lowest BCUT2D eigenvalue weighted by Gasteiger charge is -2.37. The van der Waals surface area contributed by atoms with Crippen LogP contribution in [0, 0.1) is 0 Å². The molecular formula is C17H14BrN3O2. The molecule has 0 saturated carbocycles. The lowest BCUT2D eigenvalue weighted by atomic mass is 9.91. The first-order valence-electron chi connectivity index (χ1n) is 7.59. The van der Waals surface area contributed by atoms with Crippen molar-refractivity contribution in [3.63, 3.8) is 0 Å². The molecule has 3 heterocycles. The van der Waals surface area contributed by atoms with Crippen molar-refractivity contribution >= 4 is 27.1 Å². The lowest BCUT2D eigenvalue weighted by molar-refractivity contribution is 0.00833. The van der Waals surface area contributed by atoms with E-state index in [1.54, 1.807) is 0 Å². The monoisotopic (exact) mass is 371 g/mol. The van der Waals surface area contributed by atoms with Crippen LogP contribution >= 0.6 is 15.9 Å². The predicted octanol–water partition coefficient (Wildman–Crippen LogP) is 2.90. The Balaban J connectivity index is 1.86. The van der Waals surface area contributed by atoms with E-state index >= 15 is 0 Å². The van der Waals surface area contributed by atoms with Gasteiger partial charge in [0.05, 0.1) is 18.2 Å². The van der Waals surface area contributed by atoms with E-state index in [0.29, 0.717) is 19.6 Å². The minimum atomic E-state index is -0.495. The van der Waals surface area contributed by atoms with Crippen LogP contribution in [0.15, 0.2) is 41.0 Å². The Morgan fingerprint density at radius 3 is 3.00 bits per heavy atom. The molecule has 0 bridgehead atoms. The number of hydrogen-bond acceptors (Lipinski definition) is 4. The Kier molecular flexibility index (Phi) is 2.75. The summed E-state index contributed by atoms with van der Waals surface area (Å²) in [6.07, 6.45) is 0.0873. The molecule has 2 aliphatic rings. The molecule has 5 rings (SSSR count). The highest BCUT2D eigenvalue weighted by Gasteiger charge is 2.48. The maximum atomic E-state index is 10.6. The molecule has 2 aromatic heterocycles. The van der Waals surface area contributed by atoms with Gasteiger partial charge in [0.25, 0.3) is 0 Å². The third-order valence-corrected chi connectivity index (χ3v) is 5.33. The first kappa shape index (κ1) is 13.7. The van der Waals surface area contributed by atoms with E-state index in [1.807, 2.05) is 30.3 Å². The lowest BCUT2D eigenvalue weighted by Crippen LogP contribution is -2.42. The molecule has 2 unspecified atom stereocenters. The number of hydrogen-bond donors (Lipinski definition) is 1. The number of aliphatic hydroxyl groups excluding tert-OH is 1. The van der Waals surface area contributed by atoms with Crippen LogP contribution in [-0.4, -0.2) is 26.2 Å². The molecule has 23 heavy (non-hydrogen) atoms. The van der Waals surface area contributed by atoms with Gasteiger partial charge in [0.2, 0.25) is 0 Å². The molecule has 5 nitrogen and oxygen atoms in total. The molecule has 2 atom stereocenters. The molecule has 0 fully saturated rings. The van der Waals surface area contributed by atoms with Crippen LogP contribution in [0.2, 0.25) is 0 Å². The number of halogens is 1. The van der Waals surface area contributed by atoms with Gasteiger partial charge in [-0.2, -0.15) is 0 Å². The Labute approximate surface area is 141 Å². The molecule has 6 heteroatoms. The van der Waals surface area contributed by atoms with Crippen LogP contribution in [0.1, 0.15) is 29.5 Å². The second-order valence-electron chi connectivity index (χ2n) is 6.17. The summed E-state index contributed by atoms with van der Waals surface area (Å²) in [5.74, 6) is 0.862. The van der Waals surface area contributed by atoms with Gasteiger partial charge in [-0.3, -0.25) is 4.57 Å². The molecule has 1 spiro atoms.